The van der Waals surface area contributed by atoms with Crippen molar-refractivity contribution in [2.24, 2.45) is 0 Å². The monoisotopic (exact) mass is 411 g/mol. The maximum Gasteiger partial charge on any atom is 0.269 e. The van der Waals surface area contributed by atoms with Crippen molar-refractivity contribution in [3.63, 3.8) is 0 Å². The smallest absolute Gasteiger partial charge is 0.269 e. The Hall–Kier alpha value is -3.13. The molecule has 2 heterocycles. The van der Waals surface area contributed by atoms with Crippen LogP contribution in [0, 0.1) is 13.8 Å². The number of nitrogens with one attached hydrogen (secondary N) is 2. The molecule has 29 heavy (non-hydrogen) atoms. The Kier molecular flexibility index (Phi) is 4.46. The number of carbonyl (C=O) groups is 2. The van der Waals surface area contributed by atoms with Gasteiger partial charge in [-0.25, -0.2) is 12.7 Å². The molecule has 1 atom stereocenters. The van der Waals surface area contributed by atoms with Crippen molar-refractivity contribution < 1.29 is 18.0 Å². The Labute approximate surface area is 168 Å². The zero-order valence-corrected chi connectivity index (χ0v) is 17.1. The number of benzene rings is 2. The van der Waals surface area contributed by atoms with Crippen molar-refractivity contribution in [1.82, 2.24) is 14.6 Å². The summed E-state index contributed by atoms with van der Waals surface area (Å²) in [6.07, 6.45) is 0. The number of nitrogens with zero attached hydrogens (tertiary/aromatic N) is 1. The summed E-state index contributed by atoms with van der Waals surface area (Å²) in [4.78, 5) is 28.5. The molecule has 0 spiro atoms. The first-order valence-electron chi connectivity index (χ1n) is 9.25. The largest absolute Gasteiger partial charge is 0.358 e. The van der Waals surface area contributed by atoms with E-state index in [1.165, 1.54) is 19.1 Å². The number of amides is 2. The zero-order chi connectivity index (χ0) is 20.9. The number of H-pyrrole nitrogens is 1. The molecule has 2 N–H and O–H groups in total. The number of sulfonamides is 1. The van der Waals surface area contributed by atoms with Crippen LogP contribution in [0.15, 0.2) is 47.4 Å². The van der Waals surface area contributed by atoms with Crippen molar-refractivity contribution in [2.45, 2.75) is 38.3 Å². The summed E-state index contributed by atoms with van der Waals surface area (Å²) in [7, 11) is -4.04. The molecule has 4 rings (SSSR count). The van der Waals surface area contributed by atoms with E-state index in [1.54, 1.807) is 12.1 Å². The van der Waals surface area contributed by atoms with Crippen LogP contribution in [0.25, 0.3) is 10.9 Å². The van der Waals surface area contributed by atoms with Crippen LogP contribution in [0.2, 0.25) is 0 Å². The predicted molar refractivity (Wildman–Crippen MR) is 109 cm³/mol. The topological polar surface area (TPSA) is 99.3 Å². The molecule has 3 aromatic rings. The van der Waals surface area contributed by atoms with Crippen LogP contribution in [0.1, 0.15) is 34.1 Å². The number of fused-ring (bicyclic) bond motifs is 2. The minimum absolute atomic E-state index is 0.0617. The second-order valence-electron chi connectivity index (χ2n) is 7.25. The minimum Gasteiger partial charge on any atom is -0.358 e. The van der Waals surface area contributed by atoms with E-state index in [2.05, 4.69) is 10.3 Å². The third kappa shape index (κ3) is 3.00. The third-order valence-electron chi connectivity index (χ3n) is 5.43. The second-order valence-corrected chi connectivity index (χ2v) is 9.03. The quantitative estimate of drug-likeness (QED) is 0.689. The molecule has 8 heteroatoms. The van der Waals surface area contributed by atoms with Gasteiger partial charge in [0.1, 0.15) is 10.9 Å². The van der Waals surface area contributed by atoms with Gasteiger partial charge in [-0.05, 0) is 56.2 Å². The van der Waals surface area contributed by atoms with Gasteiger partial charge in [0.2, 0.25) is 5.91 Å². The molecule has 2 aromatic carbocycles. The Morgan fingerprint density at radius 2 is 1.90 bits per heavy atom. The molecule has 0 fully saturated rings. The Balaban J connectivity index is 1.52. The normalized spacial score (nSPS) is 16.1. The van der Waals surface area contributed by atoms with Crippen molar-refractivity contribution in [3.05, 3.63) is 64.8 Å². The molecular weight excluding hydrogens is 390 g/mol. The van der Waals surface area contributed by atoms with Crippen LogP contribution >= 0.6 is 0 Å². The fourth-order valence-electron chi connectivity index (χ4n) is 3.65. The number of aromatic nitrogens is 1. The molecule has 1 aromatic heterocycles. The van der Waals surface area contributed by atoms with E-state index < -0.39 is 27.9 Å². The van der Waals surface area contributed by atoms with E-state index in [4.69, 9.17) is 0 Å². The van der Waals surface area contributed by atoms with Crippen molar-refractivity contribution in [1.29, 1.82) is 0 Å². The van der Waals surface area contributed by atoms with Crippen LogP contribution in [0.4, 0.5) is 0 Å². The fourth-order valence-corrected chi connectivity index (χ4v) is 5.37. The van der Waals surface area contributed by atoms with Gasteiger partial charge in [-0.1, -0.05) is 18.2 Å². The molecule has 0 saturated heterocycles. The molecule has 1 aliphatic rings. The van der Waals surface area contributed by atoms with Crippen LogP contribution in [0.3, 0.4) is 0 Å². The highest BCUT2D eigenvalue weighted by Gasteiger charge is 2.45. The maximum atomic E-state index is 12.7. The molecule has 2 amide bonds. The minimum atomic E-state index is -4.04. The highest BCUT2D eigenvalue weighted by atomic mass is 32.2. The van der Waals surface area contributed by atoms with Gasteiger partial charge in [0.25, 0.3) is 15.9 Å². The number of rotatable bonds is 4. The van der Waals surface area contributed by atoms with E-state index in [-0.39, 0.29) is 17.0 Å². The highest BCUT2D eigenvalue weighted by molar-refractivity contribution is 7.90. The van der Waals surface area contributed by atoms with Crippen molar-refractivity contribution in [2.75, 3.05) is 0 Å². The summed E-state index contributed by atoms with van der Waals surface area (Å²) < 4.78 is 26.1. The number of hydrogen-bond acceptors (Lipinski definition) is 4. The van der Waals surface area contributed by atoms with Crippen molar-refractivity contribution in [3.8, 4) is 0 Å². The number of hydrogen-bond donors (Lipinski definition) is 2. The van der Waals surface area contributed by atoms with E-state index in [1.807, 2.05) is 32.0 Å². The Morgan fingerprint density at radius 3 is 2.62 bits per heavy atom. The summed E-state index contributed by atoms with van der Waals surface area (Å²) in [5, 5.41) is 3.82. The van der Waals surface area contributed by atoms with E-state index in [9.17, 15) is 18.0 Å². The fraction of sp³-hybridized carbons (Fsp3) is 0.238. The number of aromatic amines is 1. The Morgan fingerprint density at radius 1 is 1.17 bits per heavy atom. The summed E-state index contributed by atoms with van der Waals surface area (Å²) in [6.45, 7) is 5.68. The third-order valence-corrected chi connectivity index (χ3v) is 7.34. The standard InChI is InChI=1S/C21H21N3O4S/c1-12-13(2)23-18-9-8-15(10-17(12)18)11-22-20(25)14(3)24-21(26)16-6-4-5-7-19(16)29(24,27)28/h4-10,14,23H,11H2,1-3H3,(H,22,25)/t14-/m1/s1. The van der Waals surface area contributed by atoms with Crippen molar-refractivity contribution >= 4 is 32.7 Å². The van der Waals surface area contributed by atoms with Crippen LogP contribution < -0.4 is 5.32 Å². The average Bonchev–Trinajstić information content (AvgIpc) is 3.09. The summed E-state index contributed by atoms with van der Waals surface area (Å²) in [5.41, 5.74) is 4.24. The number of carbonyl (C=O) groups excluding carboxylic acids is 2. The van der Waals surface area contributed by atoms with Gasteiger partial charge in [-0.2, -0.15) is 0 Å². The van der Waals surface area contributed by atoms with Crippen LogP contribution in [0.5, 0.6) is 0 Å². The first-order chi connectivity index (χ1) is 13.7. The van der Waals surface area contributed by atoms with E-state index in [0.717, 1.165) is 27.7 Å². The molecule has 0 unspecified atom stereocenters. The summed E-state index contributed by atoms with van der Waals surface area (Å²) in [5.74, 6) is -1.21. The van der Waals surface area contributed by atoms with E-state index in [0.29, 0.717) is 4.31 Å². The van der Waals surface area contributed by atoms with Crippen LogP contribution in [-0.2, 0) is 21.4 Å². The highest BCUT2D eigenvalue weighted by Crippen LogP contribution is 2.31. The predicted octanol–water partition coefficient (Wildman–Crippen LogP) is 2.63. The molecule has 0 aliphatic carbocycles. The van der Waals surface area contributed by atoms with Gasteiger partial charge in [0, 0.05) is 23.1 Å². The molecular formula is C21H21N3O4S. The lowest BCUT2D eigenvalue weighted by atomic mass is 10.1. The molecule has 7 nitrogen and oxygen atoms in total. The zero-order valence-electron chi connectivity index (χ0n) is 16.3. The summed E-state index contributed by atoms with van der Waals surface area (Å²) >= 11 is 0. The van der Waals surface area contributed by atoms with Crippen LogP contribution in [-0.4, -0.2) is 35.6 Å². The first-order valence-corrected chi connectivity index (χ1v) is 10.7. The SMILES string of the molecule is Cc1[nH]c2ccc(CNC(=O)[C@@H](C)N3C(=O)c4ccccc4S3(=O)=O)cc2c1C. The molecule has 1 aliphatic heterocycles. The molecule has 150 valence electrons. The molecule has 0 radical (unpaired) electrons. The van der Waals surface area contributed by atoms with Gasteiger partial charge >= 0.3 is 0 Å². The van der Waals surface area contributed by atoms with Gasteiger partial charge in [-0.3, -0.25) is 9.59 Å². The number of aryl methyl sites for hydroxylation is 2. The average molecular weight is 411 g/mol. The lowest BCUT2D eigenvalue weighted by Gasteiger charge is -2.22. The van der Waals surface area contributed by atoms with Gasteiger partial charge in [-0.15, -0.1) is 0 Å². The van der Waals surface area contributed by atoms with Gasteiger partial charge in [0.05, 0.1) is 5.56 Å². The lowest BCUT2D eigenvalue weighted by molar-refractivity contribution is -0.124. The maximum absolute atomic E-state index is 12.7. The molecule has 0 bridgehead atoms. The first kappa shape index (κ1) is 19.2. The van der Waals surface area contributed by atoms with Gasteiger partial charge < -0.3 is 10.3 Å². The van der Waals surface area contributed by atoms with Gasteiger partial charge in [0.15, 0.2) is 0 Å². The lowest BCUT2D eigenvalue weighted by Crippen LogP contribution is -2.47. The van der Waals surface area contributed by atoms with E-state index >= 15 is 0 Å². The summed E-state index contributed by atoms with van der Waals surface area (Å²) in [6, 6.07) is 10.7. The second kappa shape index (κ2) is 6.73. The Bertz CT molecular complexity index is 1260. The molecule has 0 saturated carbocycles.